The number of H-pyrrole nitrogens is 1. The molecule has 3 unspecified atom stereocenters. The predicted molar refractivity (Wildman–Crippen MR) is 64.5 cm³/mol. The Labute approximate surface area is 99.2 Å². The van der Waals surface area contributed by atoms with E-state index in [4.69, 9.17) is 0 Å². The summed E-state index contributed by atoms with van der Waals surface area (Å²) in [4.78, 5) is 7.65. The zero-order valence-corrected chi connectivity index (χ0v) is 9.96. The zero-order chi connectivity index (χ0) is 11.0. The molecule has 0 aliphatic carbocycles. The van der Waals surface area contributed by atoms with E-state index in [9.17, 15) is 5.11 Å². The first-order chi connectivity index (χ1) is 7.88. The Morgan fingerprint density at radius 3 is 3.25 bits per heavy atom. The maximum Gasteiger partial charge on any atom is 0.0925 e. The van der Waals surface area contributed by atoms with E-state index in [1.54, 1.807) is 6.33 Å². The number of thioether (sulfide) groups is 1. The first-order valence-corrected chi connectivity index (χ1v) is 7.00. The van der Waals surface area contributed by atoms with Gasteiger partial charge in [-0.2, -0.15) is 11.8 Å². The number of rotatable bonds is 2. The molecule has 0 radical (unpaired) electrons. The van der Waals surface area contributed by atoms with Crippen molar-refractivity contribution >= 4 is 11.8 Å². The Kier molecular flexibility index (Phi) is 2.91. The SMILES string of the molecule is OCC1Cc2[nH]cnc2C(C2CCSC2)N1. The lowest BCUT2D eigenvalue weighted by molar-refractivity contribution is 0.205. The number of imidazole rings is 1. The summed E-state index contributed by atoms with van der Waals surface area (Å²) in [5.74, 6) is 3.13. The molecule has 1 fully saturated rings. The molecule has 0 saturated carbocycles. The van der Waals surface area contributed by atoms with Crippen molar-refractivity contribution in [1.29, 1.82) is 0 Å². The van der Waals surface area contributed by atoms with Gasteiger partial charge in [0.25, 0.3) is 0 Å². The molecular formula is C11H17N3OS. The molecule has 3 heterocycles. The monoisotopic (exact) mass is 239 g/mol. The molecular weight excluding hydrogens is 222 g/mol. The second-order valence-corrected chi connectivity index (χ2v) is 5.77. The zero-order valence-electron chi connectivity index (χ0n) is 9.15. The summed E-state index contributed by atoms with van der Waals surface area (Å²) in [5.41, 5.74) is 2.39. The molecule has 3 atom stereocenters. The molecule has 1 aromatic rings. The summed E-state index contributed by atoms with van der Waals surface area (Å²) in [6, 6.07) is 0.519. The number of hydrogen-bond acceptors (Lipinski definition) is 4. The molecule has 16 heavy (non-hydrogen) atoms. The molecule has 3 N–H and O–H groups in total. The molecule has 3 rings (SSSR count). The summed E-state index contributed by atoms with van der Waals surface area (Å²) >= 11 is 2.02. The van der Waals surface area contributed by atoms with Crippen LogP contribution in [-0.4, -0.2) is 39.2 Å². The second kappa shape index (κ2) is 4.39. The lowest BCUT2D eigenvalue weighted by Crippen LogP contribution is -2.44. The van der Waals surface area contributed by atoms with E-state index >= 15 is 0 Å². The fraction of sp³-hybridized carbons (Fsp3) is 0.727. The van der Waals surface area contributed by atoms with E-state index in [1.165, 1.54) is 29.3 Å². The summed E-state index contributed by atoms with van der Waals surface area (Å²) in [5, 5.41) is 12.9. The molecule has 1 saturated heterocycles. The van der Waals surface area contributed by atoms with Crippen molar-refractivity contribution in [3.8, 4) is 0 Å². The molecule has 0 amide bonds. The van der Waals surface area contributed by atoms with Crippen LogP contribution in [0.25, 0.3) is 0 Å². The van der Waals surface area contributed by atoms with E-state index in [1.807, 2.05) is 11.8 Å². The van der Waals surface area contributed by atoms with Crippen molar-refractivity contribution in [3.63, 3.8) is 0 Å². The van der Waals surface area contributed by atoms with Crippen molar-refractivity contribution in [3.05, 3.63) is 17.7 Å². The number of aromatic nitrogens is 2. The standard InChI is InChI=1S/C11H17N3OS/c15-4-8-3-9-11(13-6-12-9)10(14-8)7-1-2-16-5-7/h6-8,10,14-15H,1-5H2,(H,12,13). The van der Waals surface area contributed by atoms with Gasteiger partial charge in [0.1, 0.15) is 0 Å². The minimum Gasteiger partial charge on any atom is -0.395 e. The average Bonchev–Trinajstić information content (AvgIpc) is 2.98. The van der Waals surface area contributed by atoms with E-state index in [2.05, 4.69) is 15.3 Å². The molecule has 4 nitrogen and oxygen atoms in total. The van der Waals surface area contributed by atoms with Crippen molar-refractivity contribution in [1.82, 2.24) is 15.3 Å². The van der Waals surface area contributed by atoms with Gasteiger partial charge in [-0.15, -0.1) is 0 Å². The number of aromatic amines is 1. The minimum absolute atomic E-state index is 0.184. The van der Waals surface area contributed by atoms with E-state index in [0.717, 1.165) is 6.42 Å². The fourth-order valence-electron chi connectivity index (χ4n) is 2.69. The Morgan fingerprint density at radius 2 is 2.50 bits per heavy atom. The summed E-state index contributed by atoms with van der Waals surface area (Å²) < 4.78 is 0. The van der Waals surface area contributed by atoms with Gasteiger partial charge in [-0.25, -0.2) is 4.98 Å². The summed E-state index contributed by atoms with van der Waals surface area (Å²) in [7, 11) is 0. The van der Waals surface area contributed by atoms with Crippen molar-refractivity contribution in [2.45, 2.75) is 24.9 Å². The number of aliphatic hydroxyl groups is 1. The number of aliphatic hydroxyl groups excluding tert-OH is 1. The van der Waals surface area contributed by atoms with Crippen LogP contribution in [0.5, 0.6) is 0 Å². The van der Waals surface area contributed by atoms with Gasteiger partial charge in [-0.05, 0) is 23.8 Å². The quantitative estimate of drug-likeness (QED) is 0.711. The molecule has 88 valence electrons. The third-order valence-corrected chi connectivity index (χ3v) is 4.76. The molecule has 2 aliphatic rings. The number of fused-ring (bicyclic) bond motifs is 1. The maximum atomic E-state index is 9.31. The second-order valence-electron chi connectivity index (χ2n) is 4.62. The van der Waals surface area contributed by atoms with E-state index in [0.29, 0.717) is 12.0 Å². The number of hydrogen-bond donors (Lipinski definition) is 3. The molecule has 1 aromatic heterocycles. The fourth-order valence-corrected chi connectivity index (χ4v) is 3.99. The third-order valence-electron chi connectivity index (χ3n) is 3.57. The third kappa shape index (κ3) is 1.77. The first kappa shape index (κ1) is 10.6. The van der Waals surface area contributed by atoms with Gasteiger partial charge in [0.2, 0.25) is 0 Å². The van der Waals surface area contributed by atoms with Crippen LogP contribution in [0.2, 0.25) is 0 Å². The smallest absolute Gasteiger partial charge is 0.0925 e. The molecule has 0 bridgehead atoms. The molecule has 0 aromatic carbocycles. The average molecular weight is 239 g/mol. The number of nitrogens with zero attached hydrogens (tertiary/aromatic N) is 1. The lowest BCUT2D eigenvalue weighted by Gasteiger charge is -2.32. The Hall–Kier alpha value is -0.520. The summed E-state index contributed by atoms with van der Waals surface area (Å²) in [6.07, 6.45) is 3.90. The Bertz CT molecular complexity index is 362. The van der Waals surface area contributed by atoms with Crippen LogP contribution in [0.15, 0.2) is 6.33 Å². The van der Waals surface area contributed by atoms with Crippen LogP contribution < -0.4 is 5.32 Å². The van der Waals surface area contributed by atoms with Crippen LogP contribution in [0.1, 0.15) is 23.9 Å². The van der Waals surface area contributed by atoms with Gasteiger partial charge in [0.05, 0.1) is 24.7 Å². The minimum atomic E-state index is 0.184. The van der Waals surface area contributed by atoms with Gasteiger partial charge in [0, 0.05) is 18.2 Å². The predicted octanol–water partition coefficient (Wildman–Crippen LogP) is 0.710. The van der Waals surface area contributed by atoms with Crippen LogP contribution in [0.3, 0.4) is 0 Å². The first-order valence-electron chi connectivity index (χ1n) is 5.85. The van der Waals surface area contributed by atoms with Gasteiger partial charge in [-0.1, -0.05) is 0 Å². The highest BCUT2D eigenvalue weighted by Gasteiger charge is 2.34. The highest BCUT2D eigenvalue weighted by molar-refractivity contribution is 7.99. The number of nitrogens with one attached hydrogen (secondary N) is 2. The lowest BCUT2D eigenvalue weighted by atomic mass is 9.89. The van der Waals surface area contributed by atoms with E-state index < -0.39 is 0 Å². The summed E-state index contributed by atoms with van der Waals surface area (Å²) in [6.45, 7) is 0.203. The Morgan fingerprint density at radius 1 is 1.56 bits per heavy atom. The van der Waals surface area contributed by atoms with Gasteiger partial charge >= 0.3 is 0 Å². The molecule has 2 aliphatic heterocycles. The van der Waals surface area contributed by atoms with Crippen molar-refractivity contribution in [2.24, 2.45) is 5.92 Å². The molecule has 5 heteroatoms. The highest BCUT2D eigenvalue weighted by Crippen LogP contribution is 2.36. The van der Waals surface area contributed by atoms with Gasteiger partial charge < -0.3 is 15.4 Å². The highest BCUT2D eigenvalue weighted by atomic mass is 32.2. The van der Waals surface area contributed by atoms with Crippen molar-refractivity contribution < 1.29 is 5.11 Å². The van der Waals surface area contributed by atoms with Crippen LogP contribution in [-0.2, 0) is 6.42 Å². The normalized spacial score (nSPS) is 33.9. The van der Waals surface area contributed by atoms with Crippen LogP contribution in [0.4, 0.5) is 0 Å². The Balaban J connectivity index is 1.87. The van der Waals surface area contributed by atoms with Crippen molar-refractivity contribution in [2.75, 3.05) is 18.1 Å². The topological polar surface area (TPSA) is 60.9 Å². The van der Waals surface area contributed by atoms with Gasteiger partial charge in [0.15, 0.2) is 0 Å². The van der Waals surface area contributed by atoms with E-state index in [-0.39, 0.29) is 12.6 Å². The largest absolute Gasteiger partial charge is 0.395 e. The maximum absolute atomic E-state index is 9.31. The van der Waals surface area contributed by atoms with Crippen LogP contribution >= 0.6 is 11.8 Å². The van der Waals surface area contributed by atoms with Gasteiger partial charge in [-0.3, -0.25) is 0 Å². The van der Waals surface area contributed by atoms with Crippen LogP contribution in [0, 0.1) is 5.92 Å². The molecule has 0 spiro atoms.